The van der Waals surface area contributed by atoms with E-state index in [1.165, 1.54) is 0 Å². The fourth-order valence-electron chi connectivity index (χ4n) is 3.80. The van der Waals surface area contributed by atoms with Crippen molar-refractivity contribution in [1.29, 1.82) is 0 Å². The number of carbonyl (C=O) groups excluding carboxylic acids is 2. The highest BCUT2D eigenvalue weighted by molar-refractivity contribution is 5.97. The number of hydrogen-bond acceptors (Lipinski definition) is 4. The summed E-state index contributed by atoms with van der Waals surface area (Å²) < 4.78 is 7.08. The van der Waals surface area contributed by atoms with Crippen LogP contribution in [0.5, 0.6) is 0 Å². The molecule has 1 atom stereocenters. The fourth-order valence-corrected chi connectivity index (χ4v) is 3.80. The normalized spacial score (nSPS) is 16.3. The molecule has 6 heteroatoms. The quantitative estimate of drug-likeness (QED) is 0.602. The predicted molar refractivity (Wildman–Crippen MR) is 114 cm³/mol. The van der Waals surface area contributed by atoms with Crippen LogP contribution >= 0.6 is 0 Å². The largest absolute Gasteiger partial charge is 0.452 e. The Morgan fingerprint density at radius 1 is 1.03 bits per heavy atom. The zero-order valence-electron chi connectivity index (χ0n) is 17.0. The van der Waals surface area contributed by atoms with E-state index >= 15 is 0 Å². The van der Waals surface area contributed by atoms with Crippen molar-refractivity contribution in [3.63, 3.8) is 0 Å². The van der Waals surface area contributed by atoms with Gasteiger partial charge in [0.1, 0.15) is 11.3 Å². The first-order valence-electron chi connectivity index (χ1n) is 10.3. The summed E-state index contributed by atoms with van der Waals surface area (Å²) in [5.74, 6) is -0.693. The number of hydrogen-bond donors (Lipinski definition) is 0. The third-order valence-corrected chi connectivity index (χ3v) is 5.45. The molecule has 0 unspecified atom stereocenters. The van der Waals surface area contributed by atoms with E-state index in [2.05, 4.69) is 5.10 Å². The van der Waals surface area contributed by atoms with Crippen LogP contribution in [0.15, 0.2) is 66.9 Å². The van der Waals surface area contributed by atoms with E-state index in [1.807, 2.05) is 72.5 Å². The van der Waals surface area contributed by atoms with Crippen LogP contribution in [0.4, 0.5) is 0 Å². The van der Waals surface area contributed by atoms with Crippen molar-refractivity contribution < 1.29 is 14.3 Å². The molecule has 0 bridgehead atoms. The minimum absolute atomic E-state index is 0.146. The summed E-state index contributed by atoms with van der Waals surface area (Å²) >= 11 is 0. The highest BCUT2D eigenvalue weighted by Gasteiger charge is 2.25. The van der Waals surface area contributed by atoms with E-state index in [-0.39, 0.29) is 18.6 Å². The van der Waals surface area contributed by atoms with Crippen molar-refractivity contribution in [2.24, 2.45) is 0 Å². The van der Waals surface area contributed by atoms with Crippen LogP contribution in [0.2, 0.25) is 0 Å². The second-order valence-corrected chi connectivity index (χ2v) is 7.55. The second-order valence-electron chi connectivity index (χ2n) is 7.55. The lowest BCUT2D eigenvalue weighted by atomic mass is 10.0. The van der Waals surface area contributed by atoms with Gasteiger partial charge in [-0.05, 0) is 38.3 Å². The van der Waals surface area contributed by atoms with Gasteiger partial charge in [0, 0.05) is 24.3 Å². The molecule has 0 aliphatic carbocycles. The third-order valence-electron chi connectivity index (χ3n) is 5.45. The molecular weight excluding hydrogens is 378 g/mol. The number of amides is 1. The van der Waals surface area contributed by atoms with E-state index in [0.717, 1.165) is 37.1 Å². The minimum atomic E-state index is -0.547. The number of likely N-dealkylation sites (tertiary alicyclic amines) is 1. The first-order chi connectivity index (χ1) is 14.6. The first kappa shape index (κ1) is 19.9. The van der Waals surface area contributed by atoms with E-state index in [1.54, 1.807) is 10.9 Å². The molecule has 0 spiro atoms. The molecule has 1 fully saturated rings. The van der Waals surface area contributed by atoms with Gasteiger partial charge < -0.3 is 9.64 Å². The Hall–Kier alpha value is -3.41. The lowest BCUT2D eigenvalue weighted by Crippen LogP contribution is -2.44. The van der Waals surface area contributed by atoms with Crippen molar-refractivity contribution in [3.8, 4) is 16.9 Å². The lowest BCUT2D eigenvalue weighted by Gasteiger charge is -2.33. The van der Waals surface area contributed by atoms with Gasteiger partial charge in [-0.25, -0.2) is 9.48 Å². The van der Waals surface area contributed by atoms with Gasteiger partial charge in [-0.2, -0.15) is 5.10 Å². The molecule has 154 valence electrons. The number of nitrogens with zero attached hydrogens (tertiary/aromatic N) is 3. The van der Waals surface area contributed by atoms with Gasteiger partial charge in [-0.15, -0.1) is 0 Å². The van der Waals surface area contributed by atoms with Gasteiger partial charge in [-0.1, -0.05) is 48.5 Å². The average molecular weight is 403 g/mol. The molecule has 2 heterocycles. The van der Waals surface area contributed by atoms with Crippen LogP contribution in [0.1, 0.15) is 36.5 Å². The van der Waals surface area contributed by atoms with Gasteiger partial charge in [0.25, 0.3) is 5.91 Å². The summed E-state index contributed by atoms with van der Waals surface area (Å²) in [6.07, 6.45) is 4.77. The molecule has 3 aromatic rings. The van der Waals surface area contributed by atoms with Gasteiger partial charge in [0.15, 0.2) is 6.61 Å². The van der Waals surface area contributed by atoms with Crippen molar-refractivity contribution in [2.45, 2.75) is 32.2 Å². The van der Waals surface area contributed by atoms with Crippen LogP contribution < -0.4 is 0 Å². The molecule has 1 saturated heterocycles. The molecule has 0 radical (unpaired) electrons. The molecule has 1 aromatic heterocycles. The van der Waals surface area contributed by atoms with Gasteiger partial charge >= 0.3 is 5.97 Å². The number of piperidine rings is 1. The average Bonchev–Trinajstić information content (AvgIpc) is 3.24. The van der Waals surface area contributed by atoms with Crippen LogP contribution in [-0.4, -0.2) is 45.8 Å². The van der Waals surface area contributed by atoms with Crippen LogP contribution in [0.3, 0.4) is 0 Å². The van der Waals surface area contributed by atoms with Crippen LogP contribution in [-0.2, 0) is 9.53 Å². The third kappa shape index (κ3) is 4.27. The van der Waals surface area contributed by atoms with Gasteiger partial charge in [0.2, 0.25) is 0 Å². The summed E-state index contributed by atoms with van der Waals surface area (Å²) in [6.45, 7) is 2.50. The van der Waals surface area contributed by atoms with Gasteiger partial charge in [0.05, 0.1) is 5.69 Å². The van der Waals surface area contributed by atoms with Gasteiger partial charge in [-0.3, -0.25) is 4.79 Å². The van der Waals surface area contributed by atoms with E-state index in [4.69, 9.17) is 4.74 Å². The first-order valence-corrected chi connectivity index (χ1v) is 10.3. The Labute approximate surface area is 176 Å². The van der Waals surface area contributed by atoms with E-state index < -0.39 is 5.97 Å². The predicted octanol–water partition coefficient (Wildman–Crippen LogP) is 4.10. The lowest BCUT2D eigenvalue weighted by molar-refractivity contribution is -0.137. The summed E-state index contributed by atoms with van der Waals surface area (Å²) in [5, 5.41) is 4.62. The Bertz CT molecular complexity index is 1010. The smallest absolute Gasteiger partial charge is 0.342 e. The Kier molecular flexibility index (Phi) is 5.93. The summed E-state index contributed by atoms with van der Waals surface area (Å²) in [4.78, 5) is 27.3. The maximum atomic E-state index is 12.9. The zero-order valence-corrected chi connectivity index (χ0v) is 17.0. The fraction of sp³-hybridized carbons (Fsp3) is 0.292. The van der Waals surface area contributed by atoms with Crippen LogP contribution in [0.25, 0.3) is 16.9 Å². The molecule has 1 aliphatic heterocycles. The Morgan fingerprint density at radius 2 is 1.73 bits per heavy atom. The molecular formula is C24H25N3O3. The molecule has 0 saturated carbocycles. The minimum Gasteiger partial charge on any atom is -0.452 e. The highest BCUT2D eigenvalue weighted by atomic mass is 16.5. The molecule has 1 aliphatic rings. The Morgan fingerprint density at radius 3 is 2.43 bits per heavy atom. The van der Waals surface area contributed by atoms with E-state index in [9.17, 15) is 9.59 Å². The Balaban J connectivity index is 1.56. The molecule has 2 aromatic carbocycles. The standard InChI is InChI=1S/C24H25N3O3/c1-18-10-8-9-15-26(18)22(28)17-30-24(29)21-16-27(20-13-6-3-7-14-20)25-23(21)19-11-4-2-5-12-19/h2-7,11-14,16,18H,8-10,15,17H2,1H3/t18-/m0/s1. The molecule has 0 N–H and O–H groups in total. The number of ether oxygens (including phenoxy) is 1. The molecule has 30 heavy (non-hydrogen) atoms. The van der Waals surface area contributed by atoms with Crippen molar-refractivity contribution >= 4 is 11.9 Å². The zero-order chi connectivity index (χ0) is 20.9. The second kappa shape index (κ2) is 8.95. The summed E-state index contributed by atoms with van der Waals surface area (Å²) in [6, 6.07) is 19.3. The van der Waals surface area contributed by atoms with E-state index in [0.29, 0.717) is 11.3 Å². The van der Waals surface area contributed by atoms with Crippen LogP contribution in [0, 0.1) is 0 Å². The highest BCUT2D eigenvalue weighted by Crippen LogP contribution is 2.24. The molecule has 4 rings (SSSR count). The number of carbonyl (C=O) groups is 2. The van der Waals surface area contributed by atoms with Crippen molar-refractivity contribution in [3.05, 3.63) is 72.4 Å². The number of rotatable bonds is 5. The maximum Gasteiger partial charge on any atom is 0.342 e. The number of benzene rings is 2. The maximum absolute atomic E-state index is 12.9. The monoisotopic (exact) mass is 403 g/mol. The van der Waals surface area contributed by atoms with Crippen molar-refractivity contribution in [2.75, 3.05) is 13.2 Å². The number of aromatic nitrogens is 2. The van der Waals surface area contributed by atoms with Crippen molar-refractivity contribution in [1.82, 2.24) is 14.7 Å². The number of para-hydroxylation sites is 1. The summed E-state index contributed by atoms with van der Waals surface area (Å²) in [5.41, 5.74) is 2.52. The topological polar surface area (TPSA) is 64.4 Å². The number of esters is 1. The SMILES string of the molecule is C[C@H]1CCCCN1C(=O)COC(=O)c1cn(-c2ccccc2)nc1-c1ccccc1. The molecule has 6 nitrogen and oxygen atoms in total. The molecule has 1 amide bonds. The summed E-state index contributed by atoms with van der Waals surface area (Å²) in [7, 11) is 0.